The van der Waals surface area contributed by atoms with Crippen molar-refractivity contribution in [3.63, 3.8) is 0 Å². The van der Waals surface area contributed by atoms with Gasteiger partial charge in [-0.2, -0.15) is 18.2 Å². The first kappa shape index (κ1) is 44.5. The number of rotatable bonds is 11. The van der Waals surface area contributed by atoms with Crippen LogP contribution in [0.15, 0.2) is 77.6 Å². The molecule has 248 valence electrons. The molecule has 5 rings (SSSR count). The van der Waals surface area contributed by atoms with Crippen molar-refractivity contribution in [1.29, 1.82) is 0 Å². The van der Waals surface area contributed by atoms with Gasteiger partial charge in [0.05, 0.1) is 25.4 Å². The molecule has 0 fully saturated rings. The van der Waals surface area contributed by atoms with Crippen LogP contribution in [0.5, 0.6) is 17.2 Å². The smallest absolute Gasteiger partial charge is 1.00 e. The van der Waals surface area contributed by atoms with Gasteiger partial charge in [-0.25, -0.2) is 0 Å². The van der Waals surface area contributed by atoms with Crippen molar-refractivity contribution in [2.45, 2.75) is 79.1 Å². The summed E-state index contributed by atoms with van der Waals surface area (Å²) in [7, 11) is 0. The molecule has 2 radical (unpaired) electrons. The molecular formula is C40H46Cl2Hg2O4. The second kappa shape index (κ2) is 23.0. The number of hydrogen-bond donors (Lipinski definition) is 0. The number of ketones is 1. The van der Waals surface area contributed by atoms with Crippen molar-refractivity contribution in [2.75, 3.05) is 26.4 Å². The Balaban J connectivity index is 0.00000288. The molecule has 0 spiro atoms. The monoisotopic (exact) mass is 1060 g/mol. The summed E-state index contributed by atoms with van der Waals surface area (Å²) in [6.45, 7) is 11.2. The van der Waals surface area contributed by atoms with E-state index in [1.54, 1.807) is 0 Å². The van der Waals surface area contributed by atoms with Gasteiger partial charge >= 0.3 is 61.1 Å². The normalized spacial score (nSPS) is 13.8. The Morgan fingerprint density at radius 3 is 1.75 bits per heavy atom. The van der Waals surface area contributed by atoms with Crippen LogP contribution in [0.2, 0.25) is 0 Å². The molecule has 0 heterocycles. The molecule has 0 aromatic heterocycles. The van der Waals surface area contributed by atoms with Gasteiger partial charge in [-0.1, -0.05) is 64.1 Å². The van der Waals surface area contributed by atoms with Crippen molar-refractivity contribution in [3.05, 3.63) is 117 Å². The zero-order valence-electron chi connectivity index (χ0n) is 29.1. The molecule has 0 saturated carbocycles. The molecule has 2 aliphatic rings. The fourth-order valence-electron chi connectivity index (χ4n) is 5.87. The van der Waals surface area contributed by atoms with E-state index in [1.807, 2.05) is 12.1 Å². The number of allylic oxidation sites excluding steroid dienone is 3. The van der Waals surface area contributed by atoms with E-state index in [4.69, 9.17) is 18.6 Å². The van der Waals surface area contributed by atoms with Crippen LogP contribution in [0.4, 0.5) is 0 Å². The fraction of sp³-hybridized carbons (Fsp3) is 0.400. The van der Waals surface area contributed by atoms with Crippen LogP contribution < -0.4 is 39.0 Å². The molecule has 3 aromatic carbocycles. The van der Waals surface area contributed by atoms with E-state index in [0.717, 1.165) is 93.2 Å². The third-order valence-electron chi connectivity index (χ3n) is 7.87. The predicted octanol–water partition coefficient (Wildman–Crippen LogP) is 2.67. The topological polar surface area (TPSA) is 39.0 Å². The summed E-state index contributed by atoms with van der Waals surface area (Å²) >= 11 is 0. The quantitative estimate of drug-likeness (QED) is 0.129. The Kier molecular flexibility index (Phi) is 21.3. The van der Waals surface area contributed by atoms with Gasteiger partial charge in [-0.15, -0.1) is 16.9 Å². The molecular weight excluding hydrogens is 1020 g/mol. The molecule has 0 unspecified atom stereocenters. The third kappa shape index (κ3) is 11.2. The van der Waals surface area contributed by atoms with Gasteiger partial charge in [0, 0.05) is 25.0 Å². The van der Waals surface area contributed by atoms with E-state index in [2.05, 4.69) is 88.0 Å². The van der Waals surface area contributed by atoms with Crippen molar-refractivity contribution >= 4 is 5.78 Å². The molecule has 48 heavy (non-hydrogen) atoms. The van der Waals surface area contributed by atoms with Gasteiger partial charge in [0.25, 0.3) is 6.61 Å². The summed E-state index contributed by atoms with van der Waals surface area (Å²) in [5, 5.41) is 0. The van der Waals surface area contributed by atoms with Gasteiger partial charge in [-0.05, 0) is 66.5 Å². The van der Waals surface area contributed by atoms with E-state index in [0.29, 0.717) is 52.1 Å². The van der Waals surface area contributed by atoms with Crippen LogP contribution >= 0.6 is 0 Å². The molecule has 0 N–H and O–H groups in total. The van der Waals surface area contributed by atoms with E-state index in [9.17, 15) is 0 Å². The first-order valence-corrected chi connectivity index (χ1v) is 16.4. The van der Waals surface area contributed by atoms with Gasteiger partial charge in [0.1, 0.15) is 17.1 Å². The van der Waals surface area contributed by atoms with Gasteiger partial charge in [0.15, 0.2) is 0 Å². The molecule has 4 nitrogen and oxygen atoms in total. The van der Waals surface area contributed by atoms with Crippen molar-refractivity contribution < 1.29 is 98.8 Å². The first-order valence-electron chi connectivity index (χ1n) is 16.4. The summed E-state index contributed by atoms with van der Waals surface area (Å²) in [4.78, 5) is 0. The fourth-order valence-corrected chi connectivity index (χ4v) is 5.87. The molecule has 8 heteroatoms. The summed E-state index contributed by atoms with van der Waals surface area (Å²) in [6, 6.07) is 20.8. The average Bonchev–Trinajstić information content (AvgIpc) is 3.03. The molecule has 0 atom stereocenters. The van der Waals surface area contributed by atoms with E-state index < -0.39 is 0 Å². The van der Waals surface area contributed by atoms with Crippen LogP contribution in [0, 0.1) is 6.07 Å². The molecule has 3 aromatic rings. The maximum absolute atomic E-state index is 6.52. The van der Waals surface area contributed by atoms with Gasteiger partial charge in [-0.3, -0.25) is 4.42 Å². The summed E-state index contributed by atoms with van der Waals surface area (Å²) in [5.41, 5.74) is 12.5. The van der Waals surface area contributed by atoms with Crippen LogP contribution in [-0.2, 0) is 85.4 Å². The Bertz CT molecular complexity index is 1590. The number of ether oxygens (including phenoxy) is 3. The van der Waals surface area contributed by atoms with Crippen LogP contribution in [-0.4, -0.2) is 32.2 Å². The van der Waals surface area contributed by atoms with Crippen LogP contribution in [0.1, 0.15) is 86.8 Å². The minimum Gasteiger partial charge on any atom is -1.00 e. The van der Waals surface area contributed by atoms with Crippen molar-refractivity contribution in [1.82, 2.24) is 0 Å². The zero-order chi connectivity index (χ0) is 30.7. The molecule has 2 aliphatic carbocycles. The maximum atomic E-state index is 6.52. The molecule has 0 amide bonds. The Labute approximate surface area is 341 Å². The van der Waals surface area contributed by atoms with Crippen LogP contribution in [0.3, 0.4) is 0 Å². The average molecular weight is 1060 g/mol. The number of halogens is 2. The summed E-state index contributed by atoms with van der Waals surface area (Å²) in [5.74, 6) is 3.76. The number of fused-ring (bicyclic) bond motifs is 8. The first-order chi connectivity index (χ1) is 21.7. The summed E-state index contributed by atoms with van der Waals surface area (Å²) < 4.78 is 26.0. The molecule has 0 aliphatic heterocycles. The van der Waals surface area contributed by atoms with Crippen molar-refractivity contribution in [2.24, 2.45) is 0 Å². The second-order valence-electron chi connectivity index (χ2n) is 11.5. The number of benzene rings is 3. The Morgan fingerprint density at radius 2 is 1.17 bits per heavy atom. The Hall–Kier alpha value is -1.56. The van der Waals surface area contributed by atoms with E-state index >= 15 is 0 Å². The van der Waals surface area contributed by atoms with Gasteiger partial charge < -0.3 is 39.0 Å². The third-order valence-corrected chi connectivity index (χ3v) is 7.87. The Morgan fingerprint density at radius 1 is 0.646 bits per heavy atom. The zero-order valence-corrected chi connectivity index (χ0v) is 41.6. The minimum atomic E-state index is 0. The van der Waals surface area contributed by atoms with Crippen molar-refractivity contribution in [3.8, 4) is 17.2 Å². The second-order valence-corrected chi connectivity index (χ2v) is 11.5. The van der Waals surface area contributed by atoms with E-state index in [-0.39, 0.29) is 80.2 Å². The number of hydrogen-bond acceptors (Lipinski definition) is 3. The SMILES string of the molecule is CCCOc1c2[c-]ccc1Cc1cccc(c1OCCC)CC1=C=CC=C(Cc3cccc(c3OCCC)C2)C1=[O+]CCC.[Cl-].[Cl-].[Hg+].[Hg+]. The maximum Gasteiger partial charge on any atom is 1.00 e. The number of carbonyl (C=O) groups excluding carboxylic acids is 1. The van der Waals surface area contributed by atoms with Gasteiger partial charge in [0.2, 0.25) is 0 Å². The summed E-state index contributed by atoms with van der Waals surface area (Å²) in [6.07, 6.45) is 10.7. The van der Waals surface area contributed by atoms with E-state index in [1.165, 1.54) is 0 Å². The number of para-hydroxylation sites is 2. The largest absolute Gasteiger partial charge is 1.00 e. The predicted molar refractivity (Wildman–Crippen MR) is 178 cm³/mol. The minimum absolute atomic E-state index is 0. The molecule has 8 bridgehead atoms. The molecule has 0 saturated heterocycles. The standard InChI is InChI=1S/C40H46O4.2ClH.2Hg/c1-5-21-41-37-29-13-9-14-30(37)26-32-16-11-18-34(39(32)43-23-7-3)28-36-20-12-19-35(40(36)44-24-8-4)27-33-17-10-15-31(25-29)38(33)42-22-6-2;;;;/h9-15,18-20H,5-8,21-28H2,1-4H3;2*1H;;/q;;;2*+1/p-2. The van der Waals surface area contributed by atoms with Crippen LogP contribution in [0.25, 0.3) is 0 Å².